The van der Waals surface area contributed by atoms with Gasteiger partial charge in [-0.05, 0) is 24.6 Å². The van der Waals surface area contributed by atoms with Gasteiger partial charge in [0.15, 0.2) is 0 Å². The van der Waals surface area contributed by atoms with Crippen molar-refractivity contribution in [3.05, 3.63) is 57.9 Å². The molecule has 4 rings (SSSR count). The molecule has 0 spiro atoms. The molecule has 1 aliphatic heterocycles. The second-order valence-electron chi connectivity index (χ2n) is 6.92. The van der Waals surface area contributed by atoms with Gasteiger partial charge in [0.25, 0.3) is 17.5 Å². The van der Waals surface area contributed by atoms with Gasteiger partial charge in [-0.1, -0.05) is 6.07 Å². The number of hydrogen-bond acceptors (Lipinski definition) is 7. The Morgan fingerprint density at radius 2 is 1.87 bits per heavy atom. The molecule has 0 unspecified atom stereocenters. The van der Waals surface area contributed by atoms with E-state index in [-0.39, 0.29) is 23.0 Å². The molecule has 2 aromatic heterocycles. The van der Waals surface area contributed by atoms with Gasteiger partial charge >= 0.3 is 0 Å². The predicted octanol–water partition coefficient (Wildman–Crippen LogP) is 1.32. The molecular weight excluding hydrogens is 390 g/mol. The van der Waals surface area contributed by atoms with Gasteiger partial charge in [0.2, 0.25) is 5.95 Å². The summed E-state index contributed by atoms with van der Waals surface area (Å²) in [4.78, 5) is 50.0. The van der Waals surface area contributed by atoms with E-state index in [1.807, 2.05) is 4.90 Å². The molecule has 1 saturated heterocycles. The van der Waals surface area contributed by atoms with E-state index in [9.17, 15) is 19.7 Å². The molecule has 0 radical (unpaired) electrons. The van der Waals surface area contributed by atoms with E-state index >= 15 is 0 Å². The van der Waals surface area contributed by atoms with Crippen molar-refractivity contribution in [1.29, 1.82) is 0 Å². The topological polar surface area (TPSA) is 151 Å². The van der Waals surface area contributed by atoms with Gasteiger partial charge < -0.3 is 20.5 Å². The van der Waals surface area contributed by atoms with Crippen LogP contribution < -0.4 is 10.6 Å². The Balaban J connectivity index is 1.49. The highest BCUT2D eigenvalue weighted by Gasteiger charge is 2.23. The monoisotopic (exact) mass is 409 g/mol. The average molecular weight is 409 g/mol. The van der Waals surface area contributed by atoms with E-state index in [0.717, 1.165) is 0 Å². The summed E-state index contributed by atoms with van der Waals surface area (Å²) in [5.41, 5.74) is 6.69. The SMILES string of the molecule is NC(=O)c1cccc(C(=O)N2CCCN(c3nc4ccc([N+](=O)[O-])cc4[nH]3)CC2)n1. The first-order valence-electron chi connectivity index (χ1n) is 9.37. The summed E-state index contributed by atoms with van der Waals surface area (Å²) in [6.45, 7) is 2.17. The predicted molar refractivity (Wildman–Crippen MR) is 108 cm³/mol. The lowest BCUT2D eigenvalue weighted by Gasteiger charge is -2.21. The summed E-state index contributed by atoms with van der Waals surface area (Å²) in [6, 6.07) is 9.09. The number of rotatable bonds is 4. The number of primary amides is 1. The second kappa shape index (κ2) is 7.78. The van der Waals surface area contributed by atoms with Crippen molar-refractivity contribution in [2.75, 3.05) is 31.1 Å². The summed E-state index contributed by atoms with van der Waals surface area (Å²) in [5, 5.41) is 11.0. The molecule has 1 aromatic carbocycles. The number of aromatic amines is 1. The van der Waals surface area contributed by atoms with Gasteiger partial charge in [0.1, 0.15) is 11.4 Å². The van der Waals surface area contributed by atoms with Crippen LogP contribution in [0.4, 0.5) is 11.6 Å². The number of pyridine rings is 1. The summed E-state index contributed by atoms with van der Waals surface area (Å²) >= 11 is 0. The zero-order chi connectivity index (χ0) is 21.3. The molecule has 3 N–H and O–H groups in total. The van der Waals surface area contributed by atoms with E-state index in [1.165, 1.54) is 18.2 Å². The number of non-ortho nitro benzene ring substituents is 1. The number of carbonyl (C=O) groups excluding carboxylic acids is 2. The average Bonchev–Trinajstić information content (AvgIpc) is 3.01. The highest BCUT2D eigenvalue weighted by molar-refractivity contribution is 5.95. The van der Waals surface area contributed by atoms with Crippen LogP contribution in [0.5, 0.6) is 0 Å². The summed E-state index contributed by atoms with van der Waals surface area (Å²) < 4.78 is 0. The zero-order valence-electron chi connectivity index (χ0n) is 15.9. The maximum atomic E-state index is 12.8. The van der Waals surface area contributed by atoms with E-state index < -0.39 is 10.8 Å². The molecule has 2 amide bonds. The van der Waals surface area contributed by atoms with Crippen LogP contribution in [0.15, 0.2) is 36.4 Å². The van der Waals surface area contributed by atoms with Crippen LogP contribution in [0, 0.1) is 10.1 Å². The smallest absolute Gasteiger partial charge is 0.272 e. The highest BCUT2D eigenvalue weighted by Crippen LogP contribution is 2.23. The van der Waals surface area contributed by atoms with Crippen molar-refractivity contribution in [3.63, 3.8) is 0 Å². The zero-order valence-corrected chi connectivity index (χ0v) is 15.9. The number of imidazole rings is 1. The lowest BCUT2D eigenvalue weighted by molar-refractivity contribution is -0.384. The molecule has 0 bridgehead atoms. The molecule has 3 aromatic rings. The number of nitrogens with zero attached hydrogens (tertiary/aromatic N) is 5. The first-order valence-corrected chi connectivity index (χ1v) is 9.37. The first kappa shape index (κ1) is 19.3. The summed E-state index contributed by atoms with van der Waals surface area (Å²) in [5.74, 6) is -0.342. The van der Waals surface area contributed by atoms with Crippen LogP contribution in [0.2, 0.25) is 0 Å². The molecular formula is C19H19N7O4. The van der Waals surface area contributed by atoms with Crippen LogP contribution in [-0.2, 0) is 0 Å². The van der Waals surface area contributed by atoms with Gasteiger partial charge in [-0.3, -0.25) is 19.7 Å². The molecule has 30 heavy (non-hydrogen) atoms. The Morgan fingerprint density at radius 1 is 1.07 bits per heavy atom. The summed E-state index contributed by atoms with van der Waals surface area (Å²) in [7, 11) is 0. The third kappa shape index (κ3) is 3.77. The number of nitro groups is 1. The van der Waals surface area contributed by atoms with Gasteiger partial charge in [0.05, 0.1) is 16.0 Å². The molecule has 154 valence electrons. The third-order valence-corrected chi connectivity index (χ3v) is 4.97. The van der Waals surface area contributed by atoms with E-state index in [0.29, 0.717) is 49.6 Å². The lowest BCUT2D eigenvalue weighted by atomic mass is 10.2. The van der Waals surface area contributed by atoms with Crippen LogP contribution in [-0.4, -0.2) is 62.8 Å². The van der Waals surface area contributed by atoms with Crippen LogP contribution >= 0.6 is 0 Å². The van der Waals surface area contributed by atoms with Crippen LogP contribution in [0.1, 0.15) is 27.4 Å². The van der Waals surface area contributed by atoms with Crippen LogP contribution in [0.25, 0.3) is 11.0 Å². The summed E-state index contributed by atoms with van der Waals surface area (Å²) in [6.07, 6.45) is 0.707. The number of hydrogen-bond donors (Lipinski definition) is 2. The number of benzene rings is 1. The van der Waals surface area contributed by atoms with Gasteiger partial charge in [0, 0.05) is 38.3 Å². The molecule has 1 aliphatic rings. The number of nitro benzene ring substituents is 1. The Labute approximate surface area is 170 Å². The van der Waals surface area contributed by atoms with E-state index in [1.54, 1.807) is 23.1 Å². The van der Waals surface area contributed by atoms with Crippen molar-refractivity contribution in [2.45, 2.75) is 6.42 Å². The Morgan fingerprint density at radius 3 is 2.63 bits per heavy atom. The number of nitrogens with one attached hydrogen (secondary N) is 1. The minimum atomic E-state index is -0.684. The Hall–Kier alpha value is -4.02. The minimum Gasteiger partial charge on any atom is -0.364 e. The number of nitrogens with two attached hydrogens (primary N) is 1. The maximum Gasteiger partial charge on any atom is 0.272 e. The molecule has 1 fully saturated rings. The molecule has 0 saturated carbocycles. The molecule has 11 heteroatoms. The number of carbonyl (C=O) groups is 2. The molecule has 3 heterocycles. The van der Waals surface area contributed by atoms with Gasteiger partial charge in [-0.25, -0.2) is 9.97 Å². The van der Waals surface area contributed by atoms with E-state index in [2.05, 4.69) is 15.0 Å². The lowest BCUT2D eigenvalue weighted by Crippen LogP contribution is -2.36. The fraction of sp³-hybridized carbons (Fsp3) is 0.263. The fourth-order valence-electron chi connectivity index (χ4n) is 3.43. The van der Waals surface area contributed by atoms with Crippen molar-refractivity contribution in [3.8, 4) is 0 Å². The van der Waals surface area contributed by atoms with Crippen molar-refractivity contribution >= 4 is 34.5 Å². The Bertz CT molecular complexity index is 1140. The van der Waals surface area contributed by atoms with Crippen LogP contribution in [0.3, 0.4) is 0 Å². The van der Waals surface area contributed by atoms with E-state index in [4.69, 9.17) is 5.73 Å². The third-order valence-electron chi connectivity index (χ3n) is 4.97. The van der Waals surface area contributed by atoms with Crippen molar-refractivity contribution < 1.29 is 14.5 Å². The number of anilines is 1. The molecule has 0 aliphatic carbocycles. The van der Waals surface area contributed by atoms with Crippen molar-refractivity contribution in [1.82, 2.24) is 19.9 Å². The standard InChI is InChI=1S/C19H19N7O4/c20-17(27)14-3-1-4-15(21-14)18(28)24-7-2-8-25(10-9-24)19-22-13-6-5-12(26(29)30)11-16(13)23-19/h1,3-6,11H,2,7-10H2,(H2,20,27)(H,22,23). The number of fused-ring (bicyclic) bond motifs is 1. The largest absolute Gasteiger partial charge is 0.364 e. The van der Waals surface area contributed by atoms with Crippen molar-refractivity contribution in [2.24, 2.45) is 5.73 Å². The quantitative estimate of drug-likeness (QED) is 0.487. The fourth-order valence-corrected chi connectivity index (χ4v) is 3.43. The van der Waals surface area contributed by atoms with Gasteiger partial charge in [-0.2, -0.15) is 0 Å². The minimum absolute atomic E-state index is 0.00368. The second-order valence-corrected chi connectivity index (χ2v) is 6.92. The maximum absolute atomic E-state index is 12.8. The Kier molecular flexibility index (Phi) is 5.00. The molecule has 0 atom stereocenters. The first-order chi connectivity index (χ1) is 14.4. The van der Waals surface area contributed by atoms with Gasteiger partial charge in [-0.15, -0.1) is 0 Å². The highest BCUT2D eigenvalue weighted by atomic mass is 16.6. The number of amides is 2. The number of H-pyrrole nitrogens is 1. The molecule has 11 nitrogen and oxygen atoms in total. The number of aromatic nitrogens is 3. The normalized spacial score (nSPS) is 14.5.